The van der Waals surface area contributed by atoms with Gasteiger partial charge >= 0.3 is 0 Å². The molecule has 1 N–H and O–H groups in total. The first-order valence-corrected chi connectivity index (χ1v) is 11.3. The van der Waals surface area contributed by atoms with Crippen LogP contribution in [0.15, 0.2) is 59.1 Å². The summed E-state index contributed by atoms with van der Waals surface area (Å²) in [6, 6.07) is 15.8. The summed E-state index contributed by atoms with van der Waals surface area (Å²) < 4.78 is 5.79. The van der Waals surface area contributed by atoms with Gasteiger partial charge in [-0.25, -0.2) is 4.98 Å². The van der Waals surface area contributed by atoms with E-state index in [9.17, 15) is 4.79 Å². The van der Waals surface area contributed by atoms with E-state index in [0.717, 1.165) is 38.0 Å². The molecule has 5 nitrogen and oxygen atoms in total. The van der Waals surface area contributed by atoms with Gasteiger partial charge in [0.05, 0.1) is 11.2 Å². The van der Waals surface area contributed by atoms with Crippen LogP contribution in [0, 0.1) is 0 Å². The molecule has 1 amide bonds. The summed E-state index contributed by atoms with van der Waals surface area (Å²) in [7, 11) is 0. The minimum Gasteiger partial charge on any atom is -0.441 e. The van der Waals surface area contributed by atoms with Gasteiger partial charge in [-0.3, -0.25) is 9.69 Å². The normalized spacial score (nSPS) is 16.9. The van der Waals surface area contributed by atoms with Crippen molar-refractivity contribution in [2.45, 2.75) is 38.3 Å². The lowest BCUT2D eigenvalue weighted by molar-refractivity contribution is -0.122. The highest BCUT2D eigenvalue weighted by molar-refractivity contribution is 6.36. The van der Waals surface area contributed by atoms with Crippen LogP contribution in [-0.4, -0.2) is 34.9 Å². The van der Waals surface area contributed by atoms with Crippen LogP contribution in [0.3, 0.4) is 0 Å². The molecule has 0 saturated carbocycles. The van der Waals surface area contributed by atoms with E-state index >= 15 is 0 Å². The number of hydrogen-bond donors (Lipinski definition) is 1. The summed E-state index contributed by atoms with van der Waals surface area (Å²) in [4.78, 5) is 19.2. The van der Waals surface area contributed by atoms with E-state index < -0.39 is 0 Å². The van der Waals surface area contributed by atoms with Crippen molar-refractivity contribution in [3.63, 3.8) is 0 Å². The molecule has 0 radical (unpaired) electrons. The molecular weight excluding hydrogens is 433 g/mol. The molecule has 1 aliphatic rings. The standard InChI is InChI=1S/C24H25Cl2N3O2/c25-18-8-9-20(21(26)13-18)22-14-27-24(31-22)11-10-23(30)28-19-7-4-12-29(16-19)15-17-5-2-1-3-6-17/h1-3,5-6,8-9,13-14,19H,4,7,10-12,15-16H2,(H,28,30). The summed E-state index contributed by atoms with van der Waals surface area (Å²) in [5, 5.41) is 4.24. The molecule has 4 rings (SSSR count). The van der Waals surface area contributed by atoms with E-state index in [-0.39, 0.29) is 11.9 Å². The zero-order valence-electron chi connectivity index (χ0n) is 17.2. The highest BCUT2D eigenvalue weighted by atomic mass is 35.5. The average Bonchev–Trinajstić information content (AvgIpc) is 3.22. The van der Waals surface area contributed by atoms with E-state index in [1.165, 1.54) is 5.56 Å². The van der Waals surface area contributed by atoms with Gasteiger partial charge in [0.1, 0.15) is 0 Å². The van der Waals surface area contributed by atoms with E-state index in [1.54, 1.807) is 24.4 Å². The first-order valence-electron chi connectivity index (χ1n) is 10.5. The van der Waals surface area contributed by atoms with Gasteiger partial charge in [-0.1, -0.05) is 53.5 Å². The number of hydrogen-bond acceptors (Lipinski definition) is 4. The van der Waals surface area contributed by atoms with Crippen molar-refractivity contribution in [2.75, 3.05) is 13.1 Å². The lowest BCUT2D eigenvalue weighted by atomic mass is 10.0. The molecule has 1 saturated heterocycles. The second-order valence-corrected chi connectivity index (χ2v) is 8.71. The number of carbonyl (C=O) groups excluding carboxylic acids is 1. The second kappa shape index (κ2) is 10.3. The number of likely N-dealkylation sites (tertiary alicyclic amines) is 1. The maximum absolute atomic E-state index is 12.5. The Kier molecular flexibility index (Phi) is 7.28. The quantitative estimate of drug-likeness (QED) is 0.518. The summed E-state index contributed by atoms with van der Waals surface area (Å²) in [6.45, 7) is 2.85. The lowest BCUT2D eigenvalue weighted by Gasteiger charge is -2.33. The van der Waals surface area contributed by atoms with Gasteiger partial charge in [0.15, 0.2) is 11.7 Å². The van der Waals surface area contributed by atoms with E-state index in [2.05, 4.69) is 39.5 Å². The van der Waals surface area contributed by atoms with Crippen LogP contribution in [0.25, 0.3) is 11.3 Å². The largest absolute Gasteiger partial charge is 0.441 e. The Bertz CT molecular complexity index is 1020. The highest BCUT2D eigenvalue weighted by Gasteiger charge is 2.21. The summed E-state index contributed by atoms with van der Waals surface area (Å²) in [6.07, 6.45) is 4.50. The summed E-state index contributed by atoms with van der Waals surface area (Å²) in [5.41, 5.74) is 2.03. The lowest BCUT2D eigenvalue weighted by Crippen LogP contribution is -2.47. The number of nitrogens with one attached hydrogen (secondary N) is 1. The van der Waals surface area contributed by atoms with Crippen LogP contribution in [0.4, 0.5) is 0 Å². The SMILES string of the molecule is O=C(CCc1ncc(-c2ccc(Cl)cc2Cl)o1)NC1CCCN(Cc2ccccc2)C1. The zero-order chi connectivity index (χ0) is 21.6. The molecule has 0 spiro atoms. The van der Waals surface area contributed by atoms with Crippen LogP contribution in [0.2, 0.25) is 10.0 Å². The minimum absolute atomic E-state index is 0.0239. The van der Waals surface area contributed by atoms with Crippen molar-refractivity contribution in [3.8, 4) is 11.3 Å². The fraction of sp³-hybridized carbons (Fsp3) is 0.333. The average molecular weight is 458 g/mol. The zero-order valence-corrected chi connectivity index (χ0v) is 18.7. The molecule has 1 unspecified atom stereocenters. The molecule has 1 fully saturated rings. The number of piperidine rings is 1. The second-order valence-electron chi connectivity index (χ2n) is 7.87. The smallest absolute Gasteiger partial charge is 0.220 e. The third-order valence-electron chi connectivity index (χ3n) is 5.44. The van der Waals surface area contributed by atoms with Crippen LogP contribution in [0.5, 0.6) is 0 Å². The topological polar surface area (TPSA) is 58.4 Å². The molecule has 1 atom stereocenters. The number of aryl methyl sites for hydroxylation is 1. The van der Waals surface area contributed by atoms with Crippen LogP contribution >= 0.6 is 23.2 Å². The Labute approximate surface area is 192 Å². The van der Waals surface area contributed by atoms with Gasteiger partial charge in [0.25, 0.3) is 0 Å². The van der Waals surface area contributed by atoms with Crippen LogP contribution < -0.4 is 5.32 Å². The number of amides is 1. The Hall–Kier alpha value is -2.34. The van der Waals surface area contributed by atoms with E-state index in [0.29, 0.717) is 34.5 Å². The Morgan fingerprint density at radius 3 is 2.84 bits per heavy atom. The number of oxazole rings is 1. The van der Waals surface area contributed by atoms with Crippen LogP contribution in [0.1, 0.15) is 30.7 Å². The maximum atomic E-state index is 12.5. The highest BCUT2D eigenvalue weighted by Crippen LogP contribution is 2.30. The maximum Gasteiger partial charge on any atom is 0.220 e. The van der Waals surface area contributed by atoms with Crippen molar-refractivity contribution in [3.05, 3.63) is 76.2 Å². The molecule has 0 aliphatic carbocycles. The molecular formula is C24H25Cl2N3O2. The van der Waals surface area contributed by atoms with Gasteiger partial charge < -0.3 is 9.73 Å². The minimum atomic E-state index is 0.0239. The molecule has 1 aliphatic heterocycles. The first-order chi connectivity index (χ1) is 15.1. The Morgan fingerprint density at radius 2 is 2.03 bits per heavy atom. The van der Waals surface area contributed by atoms with Crippen molar-refractivity contribution in [1.29, 1.82) is 0 Å². The Morgan fingerprint density at radius 1 is 1.19 bits per heavy atom. The molecule has 162 valence electrons. The number of nitrogens with zero attached hydrogens (tertiary/aromatic N) is 2. The first kappa shape index (κ1) is 21.9. The Balaban J connectivity index is 1.26. The van der Waals surface area contributed by atoms with Gasteiger partial charge in [-0.05, 0) is 43.1 Å². The van der Waals surface area contributed by atoms with Crippen molar-refractivity contribution in [2.24, 2.45) is 0 Å². The molecule has 1 aromatic heterocycles. The number of halogens is 2. The van der Waals surface area contributed by atoms with Crippen molar-refractivity contribution >= 4 is 29.1 Å². The number of aromatic nitrogens is 1. The fourth-order valence-electron chi connectivity index (χ4n) is 3.92. The molecule has 2 heterocycles. The predicted octanol–water partition coefficient (Wildman–Crippen LogP) is 5.36. The number of benzene rings is 2. The molecule has 3 aromatic rings. The van der Waals surface area contributed by atoms with Gasteiger partial charge in [-0.15, -0.1) is 0 Å². The molecule has 2 aromatic carbocycles. The monoisotopic (exact) mass is 457 g/mol. The summed E-state index contributed by atoms with van der Waals surface area (Å²) >= 11 is 12.2. The van der Waals surface area contributed by atoms with Gasteiger partial charge in [0.2, 0.25) is 5.91 Å². The number of rotatable bonds is 7. The third-order valence-corrected chi connectivity index (χ3v) is 5.98. The molecule has 7 heteroatoms. The molecule has 31 heavy (non-hydrogen) atoms. The van der Waals surface area contributed by atoms with E-state index in [1.807, 2.05) is 6.07 Å². The van der Waals surface area contributed by atoms with Crippen molar-refractivity contribution in [1.82, 2.24) is 15.2 Å². The number of carbonyl (C=O) groups is 1. The van der Waals surface area contributed by atoms with E-state index in [4.69, 9.17) is 27.6 Å². The summed E-state index contributed by atoms with van der Waals surface area (Å²) in [5.74, 6) is 1.11. The van der Waals surface area contributed by atoms with Crippen LogP contribution in [-0.2, 0) is 17.8 Å². The van der Waals surface area contributed by atoms with Gasteiger partial charge in [0, 0.05) is 42.6 Å². The predicted molar refractivity (Wildman–Crippen MR) is 123 cm³/mol. The van der Waals surface area contributed by atoms with Gasteiger partial charge in [-0.2, -0.15) is 0 Å². The molecule has 0 bridgehead atoms. The third kappa shape index (κ3) is 6.10. The fourth-order valence-corrected chi connectivity index (χ4v) is 4.42. The van der Waals surface area contributed by atoms with Crippen molar-refractivity contribution < 1.29 is 9.21 Å².